The highest BCUT2D eigenvalue weighted by molar-refractivity contribution is 4.53. The summed E-state index contributed by atoms with van der Waals surface area (Å²) in [6.07, 6.45) is -0.111. The number of nitrogens with zero attached hydrogens (tertiary/aromatic N) is 1. The molecule has 54 valence electrons. The molecule has 0 bridgehead atoms. The Morgan fingerprint density at radius 3 is 2.56 bits per heavy atom. The summed E-state index contributed by atoms with van der Waals surface area (Å²) >= 11 is 0. The Hall–Kier alpha value is -0.160. The summed E-state index contributed by atoms with van der Waals surface area (Å²) in [6.45, 7) is 2.02. The van der Waals surface area contributed by atoms with Crippen LogP contribution in [0, 0.1) is 0 Å². The maximum absolute atomic E-state index is 5.35. The Morgan fingerprint density at radius 2 is 2.11 bits per heavy atom. The third kappa shape index (κ3) is 2.28. The van der Waals surface area contributed by atoms with Gasteiger partial charge in [0.1, 0.15) is 0 Å². The molecule has 1 fully saturated rings. The Balaban J connectivity index is 2.11. The number of hydrazine groups is 1. The van der Waals surface area contributed by atoms with Crippen LogP contribution >= 0.6 is 0 Å². The fraction of sp³-hybridized carbons (Fsp3) is 1.00. The second-order valence-corrected chi connectivity index (χ2v) is 2.11. The molecule has 1 aliphatic rings. The van der Waals surface area contributed by atoms with Gasteiger partial charge in [-0.1, -0.05) is 0 Å². The first-order valence-corrected chi connectivity index (χ1v) is 2.98. The summed E-state index contributed by atoms with van der Waals surface area (Å²) in [5, 5.41) is 1.55. The highest BCUT2D eigenvalue weighted by Gasteiger charge is 2.15. The zero-order valence-corrected chi connectivity index (χ0v) is 5.54. The first-order valence-electron chi connectivity index (χ1n) is 2.98. The molecule has 0 radical (unpaired) electrons. The van der Waals surface area contributed by atoms with Gasteiger partial charge in [0.2, 0.25) is 0 Å². The summed E-state index contributed by atoms with van der Waals surface area (Å²) in [7, 11) is 1.78. The maximum atomic E-state index is 5.35. The predicted molar refractivity (Wildman–Crippen MR) is 32.5 cm³/mol. The second-order valence-electron chi connectivity index (χ2n) is 2.11. The van der Waals surface area contributed by atoms with E-state index in [0.717, 1.165) is 0 Å². The summed E-state index contributed by atoms with van der Waals surface area (Å²) < 4.78 is 10.2. The number of ether oxygens (including phenoxy) is 2. The minimum atomic E-state index is -0.111. The molecule has 4 heteroatoms. The standard InChI is InChI=1S/C5H12N2O2/c1-7(6)4-5-8-2-3-9-5/h5H,2-4,6H2,1H3. The van der Waals surface area contributed by atoms with Gasteiger partial charge in [0.05, 0.1) is 19.8 Å². The molecule has 1 heterocycles. The van der Waals surface area contributed by atoms with Crippen molar-refractivity contribution >= 4 is 0 Å². The van der Waals surface area contributed by atoms with Crippen molar-refractivity contribution in [3.05, 3.63) is 0 Å². The van der Waals surface area contributed by atoms with E-state index in [1.54, 1.807) is 12.1 Å². The molecule has 0 unspecified atom stereocenters. The Labute approximate surface area is 54.5 Å². The van der Waals surface area contributed by atoms with Crippen molar-refractivity contribution in [2.24, 2.45) is 5.84 Å². The molecule has 0 aromatic heterocycles. The number of rotatable bonds is 2. The Morgan fingerprint density at radius 1 is 1.56 bits per heavy atom. The van der Waals surface area contributed by atoms with E-state index in [4.69, 9.17) is 15.3 Å². The van der Waals surface area contributed by atoms with E-state index < -0.39 is 0 Å². The van der Waals surface area contributed by atoms with Gasteiger partial charge in [-0.25, -0.2) is 5.01 Å². The monoisotopic (exact) mass is 132 g/mol. The summed E-state index contributed by atoms with van der Waals surface area (Å²) in [4.78, 5) is 0. The lowest BCUT2D eigenvalue weighted by atomic mass is 10.6. The normalized spacial score (nSPS) is 21.7. The Kier molecular flexibility index (Phi) is 2.41. The molecular formula is C5H12N2O2. The molecule has 0 spiro atoms. The molecule has 4 nitrogen and oxygen atoms in total. The van der Waals surface area contributed by atoms with Crippen LogP contribution in [0.4, 0.5) is 0 Å². The second kappa shape index (κ2) is 3.12. The van der Waals surface area contributed by atoms with E-state index in [2.05, 4.69) is 0 Å². The van der Waals surface area contributed by atoms with Crippen LogP contribution in [-0.4, -0.2) is 38.1 Å². The van der Waals surface area contributed by atoms with Crippen molar-refractivity contribution in [3.8, 4) is 0 Å². The fourth-order valence-electron chi connectivity index (χ4n) is 0.748. The van der Waals surface area contributed by atoms with Crippen LogP contribution in [0.25, 0.3) is 0 Å². The lowest BCUT2D eigenvalue weighted by Crippen LogP contribution is -2.34. The third-order valence-corrected chi connectivity index (χ3v) is 1.13. The number of likely N-dealkylation sites (N-methyl/N-ethyl adjacent to an activating group) is 1. The van der Waals surface area contributed by atoms with Gasteiger partial charge < -0.3 is 9.47 Å². The molecule has 1 saturated heterocycles. The average Bonchev–Trinajstić information content (AvgIpc) is 2.15. The van der Waals surface area contributed by atoms with Crippen molar-refractivity contribution in [3.63, 3.8) is 0 Å². The molecule has 9 heavy (non-hydrogen) atoms. The first-order chi connectivity index (χ1) is 4.29. The number of nitrogens with two attached hydrogens (primary N) is 1. The molecule has 1 aliphatic heterocycles. The van der Waals surface area contributed by atoms with Gasteiger partial charge in [-0.05, 0) is 0 Å². The third-order valence-electron chi connectivity index (χ3n) is 1.13. The lowest BCUT2D eigenvalue weighted by molar-refractivity contribution is -0.0583. The van der Waals surface area contributed by atoms with Crippen LogP contribution in [-0.2, 0) is 9.47 Å². The predicted octanol–water partition coefficient (Wildman–Crippen LogP) is -0.835. The van der Waals surface area contributed by atoms with Crippen LogP contribution in [0.2, 0.25) is 0 Å². The highest BCUT2D eigenvalue weighted by atomic mass is 16.7. The van der Waals surface area contributed by atoms with E-state index in [1.807, 2.05) is 0 Å². The van der Waals surface area contributed by atoms with Crippen LogP contribution in [0.1, 0.15) is 0 Å². The zero-order chi connectivity index (χ0) is 6.69. The molecule has 2 N–H and O–H groups in total. The van der Waals surface area contributed by atoms with Crippen molar-refractivity contribution in [2.45, 2.75) is 6.29 Å². The molecular weight excluding hydrogens is 120 g/mol. The SMILES string of the molecule is CN(N)CC1OCCO1. The summed E-state index contributed by atoms with van der Waals surface area (Å²) in [5.41, 5.74) is 0. The number of hydrogen-bond donors (Lipinski definition) is 1. The van der Waals surface area contributed by atoms with Crippen LogP contribution < -0.4 is 5.84 Å². The van der Waals surface area contributed by atoms with Crippen molar-refractivity contribution in [1.82, 2.24) is 5.01 Å². The smallest absolute Gasteiger partial charge is 0.171 e. The van der Waals surface area contributed by atoms with Gasteiger partial charge in [0, 0.05) is 7.05 Å². The summed E-state index contributed by atoms with van der Waals surface area (Å²) in [6, 6.07) is 0. The molecule has 0 aliphatic carbocycles. The van der Waals surface area contributed by atoms with E-state index in [0.29, 0.717) is 19.8 Å². The minimum Gasteiger partial charge on any atom is -0.349 e. The minimum absolute atomic E-state index is 0.111. The maximum Gasteiger partial charge on any atom is 0.171 e. The molecule has 0 aromatic rings. The van der Waals surface area contributed by atoms with Crippen LogP contribution in [0.15, 0.2) is 0 Å². The summed E-state index contributed by atoms with van der Waals surface area (Å²) in [5.74, 6) is 5.35. The van der Waals surface area contributed by atoms with Gasteiger partial charge in [-0.3, -0.25) is 5.84 Å². The fourth-order valence-corrected chi connectivity index (χ4v) is 0.748. The molecule has 0 atom stereocenters. The number of hydrogen-bond acceptors (Lipinski definition) is 4. The van der Waals surface area contributed by atoms with Crippen LogP contribution in [0.3, 0.4) is 0 Å². The van der Waals surface area contributed by atoms with E-state index in [9.17, 15) is 0 Å². The van der Waals surface area contributed by atoms with Gasteiger partial charge >= 0.3 is 0 Å². The van der Waals surface area contributed by atoms with Gasteiger partial charge in [0.15, 0.2) is 6.29 Å². The van der Waals surface area contributed by atoms with Crippen molar-refractivity contribution in [2.75, 3.05) is 26.8 Å². The topological polar surface area (TPSA) is 47.7 Å². The first kappa shape index (κ1) is 6.95. The molecule has 0 aromatic carbocycles. The lowest BCUT2D eigenvalue weighted by Gasteiger charge is -2.13. The zero-order valence-electron chi connectivity index (χ0n) is 5.54. The quantitative estimate of drug-likeness (QED) is 0.393. The molecule has 0 saturated carbocycles. The van der Waals surface area contributed by atoms with E-state index >= 15 is 0 Å². The average molecular weight is 132 g/mol. The van der Waals surface area contributed by atoms with E-state index in [-0.39, 0.29) is 6.29 Å². The molecule has 1 rings (SSSR count). The van der Waals surface area contributed by atoms with Gasteiger partial charge in [-0.15, -0.1) is 0 Å². The highest BCUT2D eigenvalue weighted by Crippen LogP contribution is 2.02. The molecule has 0 amide bonds. The van der Waals surface area contributed by atoms with Gasteiger partial charge in [-0.2, -0.15) is 0 Å². The van der Waals surface area contributed by atoms with Crippen molar-refractivity contribution in [1.29, 1.82) is 0 Å². The van der Waals surface area contributed by atoms with Crippen molar-refractivity contribution < 1.29 is 9.47 Å². The van der Waals surface area contributed by atoms with Crippen LogP contribution in [0.5, 0.6) is 0 Å². The Bertz CT molecular complexity index is 81.0. The van der Waals surface area contributed by atoms with E-state index in [1.165, 1.54) is 0 Å². The largest absolute Gasteiger partial charge is 0.349 e. The van der Waals surface area contributed by atoms with Gasteiger partial charge in [0.25, 0.3) is 0 Å².